The Morgan fingerprint density at radius 3 is 2.95 bits per heavy atom. The molecular formula is C13H19N3O3S. The average molecular weight is 297 g/mol. The Bertz CT molecular complexity index is 601. The van der Waals surface area contributed by atoms with E-state index in [0.717, 1.165) is 11.3 Å². The molecule has 2 N–H and O–H groups in total. The number of pyridine rings is 1. The van der Waals surface area contributed by atoms with Crippen LogP contribution < -0.4 is 5.14 Å². The predicted octanol–water partition coefficient (Wildman–Crippen LogP) is 0.212. The normalized spacial score (nSPS) is 19.9. The van der Waals surface area contributed by atoms with Crippen LogP contribution in [0.1, 0.15) is 24.1 Å². The van der Waals surface area contributed by atoms with Gasteiger partial charge in [-0.3, -0.25) is 9.78 Å². The molecule has 0 aromatic carbocycles. The second-order valence-electron chi connectivity index (χ2n) is 5.14. The number of aryl methyl sites for hydroxylation is 1. The molecule has 0 spiro atoms. The van der Waals surface area contributed by atoms with E-state index >= 15 is 0 Å². The first-order valence-electron chi connectivity index (χ1n) is 6.58. The number of sulfonamides is 1. The largest absolute Gasteiger partial charge is 0.341 e. The van der Waals surface area contributed by atoms with Crippen molar-refractivity contribution in [3.63, 3.8) is 0 Å². The molecule has 0 saturated carbocycles. The molecule has 1 aliphatic rings. The lowest BCUT2D eigenvalue weighted by Crippen LogP contribution is -2.47. The molecule has 2 rings (SSSR count). The van der Waals surface area contributed by atoms with Gasteiger partial charge in [-0.1, -0.05) is 6.07 Å². The number of carbonyl (C=O) groups excluding carboxylic acids is 1. The second kappa shape index (κ2) is 5.88. The summed E-state index contributed by atoms with van der Waals surface area (Å²) in [5.41, 5.74) is 1.69. The van der Waals surface area contributed by atoms with Gasteiger partial charge in [0.05, 0.1) is 17.4 Å². The molecule has 20 heavy (non-hydrogen) atoms. The number of carbonyl (C=O) groups is 1. The molecule has 1 atom stereocenters. The molecular weight excluding hydrogens is 278 g/mol. The minimum absolute atomic E-state index is 0.0971. The lowest BCUT2D eigenvalue weighted by molar-refractivity contribution is -0.131. The highest BCUT2D eigenvalue weighted by Crippen LogP contribution is 2.16. The van der Waals surface area contributed by atoms with Crippen molar-refractivity contribution in [1.29, 1.82) is 0 Å². The maximum Gasteiger partial charge on any atom is 0.228 e. The summed E-state index contributed by atoms with van der Waals surface area (Å²) in [5.74, 6) is -0.0971. The van der Waals surface area contributed by atoms with Crippen LogP contribution in [0.4, 0.5) is 0 Å². The monoisotopic (exact) mass is 297 g/mol. The van der Waals surface area contributed by atoms with Crippen LogP contribution >= 0.6 is 0 Å². The van der Waals surface area contributed by atoms with Crippen LogP contribution in [-0.2, 0) is 21.2 Å². The molecule has 1 fully saturated rings. The van der Waals surface area contributed by atoms with Crippen molar-refractivity contribution in [2.45, 2.75) is 31.4 Å². The summed E-state index contributed by atoms with van der Waals surface area (Å²) < 4.78 is 22.8. The van der Waals surface area contributed by atoms with Crippen LogP contribution in [0.3, 0.4) is 0 Å². The Balaban J connectivity index is 2.04. The summed E-state index contributed by atoms with van der Waals surface area (Å²) in [7, 11) is -3.58. The first-order valence-corrected chi connectivity index (χ1v) is 8.19. The van der Waals surface area contributed by atoms with E-state index in [4.69, 9.17) is 5.14 Å². The Hall–Kier alpha value is -1.47. The molecule has 0 bridgehead atoms. The lowest BCUT2D eigenvalue weighted by Gasteiger charge is -2.31. The summed E-state index contributed by atoms with van der Waals surface area (Å²) in [4.78, 5) is 18.0. The predicted molar refractivity (Wildman–Crippen MR) is 75.4 cm³/mol. The van der Waals surface area contributed by atoms with Crippen molar-refractivity contribution in [3.8, 4) is 0 Å². The van der Waals surface area contributed by atoms with Crippen molar-refractivity contribution >= 4 is 15.9 Å². The van der Waals surface area contributed by atoms with Gasteiger partial charge < -0.3 is 4.90 Å². The Morgan fingerprint density at radius 1 is 1.55 bits per heavy atom. The number of rotatable bonds is 3. The van der Waals surface area contributed by atoms with Crippen molar-refractivity contribution in [2.24, 2.45) is 5.14 Å². The molecule has 1 saturated heterocycles. The van der Waals surface area contributed by atoms with E-state index in [2.05, 4.69) is 4.98 Å². The van der Waals surface area contributed by atoms with Gasteiger partial charge >= 0.3 is 0 Å². The van der Waals surface area contributed by atoms with Crippen LogP contribution in [0.25, 0.3) is 0 Å². The SMILES string of the molecule is Cc1cccnc1CC(=O)N1CCCC(S(N)(=O)=O)C1. The first-order chi connectivity index (χ1) is 9.38. The number of piperidine rings is 1. The molecule has 1 aromatic heterocycles. The fourth-order valence-corrected chi connectivity index (χ4v) is 3.27. The summed E-state index contributed by atoms with van der Waals surface area (Å²) in [6, 6.07) is 3.72. The van der Waals surface area contributed by atoms with Crippen molar-refractivity contribution in [1.82, 2.24) is 9.88 Å². The van der Waals surface area contributed by atoms with Gasteiger partial charge in [-0.15, -0.1) is 0 Å². The molecule has 1 amide bonds. The van der Waals surface area contributed by atoms with Gasteiger partial charge in [0, 0.05) is 19.3 Å². The zero-order chi connectivity index (χ0) is 14.8. The molecule has 2 heterocycles. The molecule has 6 nitrogen and oxygen atoms in total. The number of nitrogens with two attached hydrogens (primary N) is 1. The fourth-order valence-electron chi connectivity index (χ4n) is 2.39. The van der Waals surface area contributed by atoms with Gasteiger partial charge in [-0.25, -0.2) is 13.6 Å². The average Bonchev–Trinajstić information content (AvgIpc) is 2.40. The molecule has 110 valence electrons. The molecule has 1 aliphatic heterocycles. The van der Waals surface area contributed by atoms with E-state index in [1.165, 1.54) is 0 Å². The van der Waals surface area contributed by atoms with Crippen LogP contribution in [0.5, 0.6) is 0 Å². The van der Waals surface area contributed by atoms with E-state index in [1.54, 1.807) is 11.1 Å². The number of likely N-dealkylation sites (tertiary alicyclic amines) is 1. The van der Waals surface area contributed by atoms with E-state index in [-0.39, 0.29) is 18.9 Å². The van der Waals surface area contributed by atoms with Crippen LogP contribution in [-0.4, -0.2) is 42.5 Å². The number of aromatic nitrogens is 1. The first kappa shape index (κ1) is 14.9. The minimum Gasteiger partial charge on any atom is -0.341 e. The van der Waals surface area contributed by atoms with E-state index in [1.807, 2.05) is 19.1 Å². The van der Waals surface area contributed by atoms with Crippen LogP contribution in [0, 0.1) is 6.92 Å². The van der Waals surface area contributed by atoms with Crippen LogP contribution in [0.15, 0.2) is 18.3 Å². The third-order valence-corrected chi connectivity index (χ3v) is 4.95. The van der Waals surface area contributed by atoms with Gasteiger partial charge in [0.1, 0.15) is 0 Å². The molecule has 1 unspecified atom stereocenters. The summed E-state index contributed by atoms with van der Waals surface area (Å²) in [6.45, 7) is 2.67. The van der Waals surface area contributed by atoms with Gasteiger partial charge in [0.15, 0.2) is 0 Å². The van der Waals surface area contributed by atoms with E-state index in [9.17, 15) is 13.2 Å². The Morgan fingerprint density at radius 2 is 2.30 bits per heavy atom. The Kier molecular flexibility index (Phi) is 4.39. The number of primary sulfonamides is 1. The number of hydrogen-bond acceptors (Lipinski definition) is 4. The highest BCUT2D eigenvalue weighted by atomic mass is 32.2. The topological polar surface area (TPSA) is 93.4 Å². The zero-order valence-corrected chi connectivity index (χ0v) is 12.3. The maximum atomic E-state index is 12.2. The van der Waals surface area contributed by atoms with Gasteiger partial charge in [-0.05, 0) is 31.4 Å². The van der Waals surface area contributed by atoms with Gasteiger partial charge in [0.2, 0.25) is 15.9 Å². The molecule has 0 aliphatic carbocycles. The fraction of sp³-hybridized carbons (Fsp3) is 0.538. The maximum absolute atomic E-state index is 12.2. The number of hydrogen-bond donors (Lipinski definition) is 1. The summed E-state index contributed by atoms with van der Waals surface area (Å²) >= 11 is 0. The van der Waals surface area contributed by atoms with Gasteiger partial charge in [-0.2, -0.15) is 0 Å². The van der Waals surface area contributed by atoms with Gasteiger partial charge in [0.25, 0.3) is 0 Å². The van der Waals surface area contributed by atoms with E-state index in [0.29, 0.717) is 19.4 Å². The molecule has 7 heteroatoms. The molecule has 0 radical (unpaired) electrons. The zero-order valence-electron chi connectivity index (χ0n) is 11.4. The smallest absolute Gasteiger partial charge is 0.228 e. The standard InChI is InChI=1S/C13H19N3O3S/c1-10-4-2-6-15-12(10)8-13(17)16-7-3-5-11(9-16)20(14,18)19/h2,4,6,11H,3,5,7-9H2,1H3,(H2,14,18,19). The quantitative estimate of drug-likeness (QED) is 0.863. The lowest BCUT2D eigenvalue weighted by atomic mass is 10.1. The van der Waals surface area contributed by atoms with Crippen LogP contribution in [0.2, 0.25) is 0 Å². The van der Waals surface area contributed by atoms with Crippen molar-refractivity contribution < 1.29 is 13.2 Å². The third-order valence-electron chi connectivity index (χ3n) is 3.63. The second-order valence-corrected chi connectivity index (χ2v) is 6.98. The number of nitrogens with zero attached hydrogens (tertiary/aromatic N) is 2. The summed E-state index contributed by atoms with van der Waals surface area (Å²) in [6.07, 6.45) is 3.03. The van der Waals surface area contributed by atoms with Crippen molar-refractivity contribution in [3.05, 3.63) is 29.6 Å². The highest BCUT2D eigenvalue weighted by molar-refractivity contribution is 7.89. The summed E-state index contributed by atoms with van der Waals surface area (Å²) in [5, 5.41) is 4.52. The minimum atomic E-state index is -3.58. The highest BCUT2D eigenvalue weighted by Gasteiger charge is 2.30. The molecule has 1 aromatic rings. The number of amides is 1. The van der Waals surface area contributed by atoms with Crippen molar-refractivity contribution in [2.75, 3.05) is 13.1 Å². The Labute approximate surface area is 119 Å². The van der Waals surface area contributed by atoms with E-state index < -0.39 is 15.3 Å². The third kappa shape index (κ3) is 3.55.